The summed E-state index contributed by atoms with van der Waals surface area (Å²) < 4.78 is 6.65. The molecule has 0 amide bonds. The number of thioether (sulfide) groups is 1. The van der Waals surface area contributed by atoms with Crippen LogP contribution in [0.4, 0.5) is 5.69 Å². The first-order valence-electron chi connectivity index (χ1n) is 6.13. The van der Waals surface area contributed by atoms with Gasteiger partial charge >= 0.3 is 0 Å². The van der Waals surface area contributed by atoms with Crippen molar-refractivity contribution < 1.29 is 4.42 Å². The Balaban J connectivity index is 1.67. The predicted molar refractivity (Wildman–Crippen MR) is 85.6 cm³/mol. The molecule has 0 unspecified atom stereocenters. The van der Waals surface area contributed by atoms with Crippen LogP contribution in [0.15, 0.2) is 56.5 Å². The van der Waals surface area contributed by atoms with E-state index in [1.807, 2.05) is 36.4 Å². The van der Waals surface area contributed by atoms with Crippen LogP contribution in [0.3, 0.4) is 0 Å². The maximum atomic E-state index is 5.64. The van der Waals surface area contributed by atoms with Gasteiger partial charge in [-0.05, 0) is 36.4 Å². The first-order chi connectivity index (χ1) is 10.2. The summed E-state index contributed by atoms with van der Waals surface area (Å²) in [5.74, 6) is 1.65. The molecule has 1 aromatic carbocycles. The molecule has 0 fully saturated rings. The molecule has 0 atom stereocenters. The fourth-order valence-corrected chi connectivity index (χ4v) is 2.58. The molecule has 21 heavy (non-hydrogen) atoms. The summed E-state index contributed by atoms with van der Waals surface area (Å²) in [7, 11) is 0. The molecule has 106 valence electrons. The number of hydrogen-bond acceptors (Lipinski definition) is 6. The van der Waals surface area contributed by atoms with Crippen molar-refractivity contribution in [2.75, 3.05) is 5.73 Å². The number of benzene rings is 1. The Kier molecular flexibility index (Phi) is 4.21. The largest absolute Gasteiger partial charge is 0.420 e. The van der Waals surface area contributed by atoms with Gasteiger partial charge in [-0.3, -0.25) is 0 Å². The zero-order valence-electron chi connectivity index (χ0n) is 10.9. The molecule has 3 rings (SSSR count). The van der Waals surface area contributed by atoms with Crippen molar-refractivity contribution in [3.63, 3.8) is 0 Å². The lowest BCUT2D eigenvalue weighted by atomic mass is 10.2. The van der Waals surface area contributed by atoms with E-state index >= 15 is 0 Å². The molecule has 0 aliphatic carbocycles. The number of nitrogens with two attached hydrogens (primary N) is 1. The maximum absolute atomic E-state index is 5.64. The fourth-order valence-electron chi connectivity index (χ4n) is 1.63. The van der Waals surface area contributed by atoms with Gasteiger partial charge in [-0.15, -0.1) is 10.2 Å². The molecule has 2 heterocycles. The second-order valence-electron chi connectivity index (χ2n) is 4.23. The Morgan fingerprint density at radius 2 is 1.90 bits per heavy atom. The highest BCUT2D eigenvalue weighted by molar-refractivity contribution is 9.10. The van der Waals surface area contributed by atoms with E-state index in [0.29, 0.717) is 23.2 Å². The number of aromatic nitrogens is 3. The van der Waals surface area contributed by atoms with Crippen molar-refractivity contribution in [1.29, 1.82) is 0 Å². The molecule has 5 nitrogen and oxygen atoms in total. The third-order valence-corrected chi connectivity index (χ3v) is 4.12. The summed E-state index contributed by atoms with van der Waals surface area (Å²) in [6.07, 6.45) is 1.63. The van der Waals surface area contributed by atoms with Crippen LogP contribution in [-0.2, 0) is 5.75 Å². The average molecular weight is 363 g/mol. The normalized spacial score (nSPS) is 10.7. The summed E-state index contributed by atoms with van der Waals surface area (Å²) in [5, 5.41) is 8.97. The minimum Gasteiger partial charge on any atom is -0.420 e. The Bertz CT molecular complexity index is 727. The Labute approximate surface area is 134 Å². The maximum Gasteiger partial charge on any atom is 0.247 e. The third kappa shape index (κ3) is 3.62. The van der Waals surface area contributed by atoms with Crippen LogP contribution < -0.4 is 5.73 Å². The second kappa shape index (κ2) is 6.28. The van der Waals surface area contributed by atoms with Crippen LogP contribution in [0.25, 0.3) is 11.5 Å². The number of hydrogen-bond donors (Lipinski definition) is 1. The minimum atomic E-state index is 0.517. The molecule has 0 spiro atoms. The molecule has 2 aromatic heterocycles. The molecule has 2 N–H and O–H groups in total. The van der Waals surface area contributed by atoms with Crippen molar-refractivity contribution >= 4 is 33.4 Å². The molecule has 0 saturated carbocycles. The third-order valence-electron chi connectivity index (χ3n) is 2.66. The van der Waals surface area contributed by atoms with Crippen molar-refractivity contribution in [2.45, 2.75) is 10.8 Å². The number of nitrogens with zero attached hydrogens (tertiary/aromatic N) is 3. The van der Waals surface area contributed by atoms with Crippen molar-refractivity contribution in [3.8, 4) is 11.5 Å². The standard InChI is InChI=1S/C14H11BrN4OS/c15-10-3-1-9(2-4-10)14-19-18-12(20-14)8-21-13-6-5-11(16)7-17-13/h1-7H,8,16H2. The predicted octanol–water partition coefficient (Wildman–Crippen LogP) is 3.77. The van der Waals surface area contributed by atoms with Crippen molar-refractivity contribution in [1.82, 2.24) is 15.2 Å². The lowest BCUT2D eigenvalue weighted by molar-refractivity contribution is 0.528. The quantitative estimate of drug-likeness (QED) is 0.711. The Morgan fingerprint density at radius 3 is 2.62 bits per heavy atom. The fraction of sp³-hybridized carbons (Fsp3) is 0.0714. The van der Waals surface area contributed by atoms with Crippen molar-refractivity contribution in [2.24, 2.45) is 0 Å². The van der Waals surface area contributed by atoms with Crippen LogP contribution in [0.2, 0.25) is 0 Å². The zero-order valence-corrected chi connectivity index (χ0v) is 13.3. The molecule has 7 heteroatoms. The summed E-state index contributed by atoms with van der Waals surface area (Å²) >= 11 is 4.92. The van der Waals surface area contributed by atoms with Crippen molar-refractivity contribution in [3.05, 3.63) is 53.0 Å². The van der Waals surface area contributed by atoms with Crippen LogP contribution in [0, 0.1) is 0 Å². The van der Waals surface area contributed by atoms with E-state index in [0.717, 1.165) is 15.1 Å². The molecule has 0 saturated heterocycles. The first kappa shape index (κ1) is 14.1. The van der Waals surface area contributed by atoms with Gasteiger partial charge in [0.05, 0.1) is 22.7 Å². The Morgan fingerprint density at radius 1 is 1.10 bits per heavy atom. The van der Waals surface area contributed by atoms with Gasteiger partial charge < -0.3 is 10.2 Å². The summed E-state index contributed by atoms with van der Waals surface area (Å²) in [4.78, 5) is 4.21. The lowest BCUT2D eigenvalue weighted by Crippen LogP contribution is -1.87. The number of pyridine rings is 1. The monoisotopic (exact) mass is 362 g/mol. The topological polar surface area (TPSA) is 77.8 Å². The number of anilines is 1. The van der Waals surface area contributed by atoms with E-state index < -0.39 is 0 Å². The number of nitrogen functional groups attached to an aromatic ring is 1. The highest BCUT2D eigenvalue weighted by Crippen LogP contribution is 2.24. The van der Waals surface area contributed by atoms with E-state index in [4.69, 9.17) is 10.2 Å². The molecule has 0 radical (unpaired) electrons. The highest BCUT2D eigenvalue weighted by Gasteiger charge is 2.09. The van der Waals surface area contributed by atoms with E-state index in [2.05, 4.69) is 31.1 Å². The van der Waals surface area contributed by atoms with Crippen LogP contribution in [0.1, 0.15) is 5.89 Å². The van der Waals surface area contributed by atoms with Gasteiger partial charge in [0.1, 0.15) is 0 Å². The van der Waals surface area contributed by atoms with Crippen LogP contribution in [0.5, 0.6) is 0 Å². The molecule has 0 aliphatic rings. The van der Waals surface area contributed by atoms with Gasteiger partial charge in [0.15, 0.2) is 0 Å². The summed E-state index contributed by atoms with van der Waals surface area (Å²) in [5.41, 5.74) is 7.14. The smallest absolute Gasteiger partial charge is 0.247 e. The molecule has 0 bridgehead atoms. The van der Waals surface area contributed by atoms with Gasteiger partial charge in [0, 0.05) is 10.0 Å². The van der Waals surface area contributed by atoms with Gasteiger partial charge in [0.25, 0.3) is 0 Å². The van der Waals surface area contributed by atoms with E-state index in [9.17, 15) is 0 Å². The van der Waals surface area contributed by atoms with E-state index in [1.54, 1.807) is 6.20 Å². The highest BCUT2D eigenvalue weighted by atomic mass is 79.9. The van der Waals surface area contributed by atoms with E-state index in [1.165, 1.54) is 11.8 Å². The first-order valence-corrected chi connectivity index (χ1v) is 7.91. The van der Waals surface area contributed by atoms with Gasteiger partial charge in [-0.25, -0.2) is 4.98 Å². The average Bonchev–Trinajstić information content (AvgIpc) is 2.96. The van der Waals surface area contributed by atoms with E-state index in [-0.39, 0.29) is 0 Å². The van der Waals surface area contributed by atoms with Crippen LogP contribution in [-0.4, -0.2) is 15.2 Å². The SMILES string of the molecule is Nc1ccc(SCc2nnc(-c3ccc(Br)cc3)o2)nc1. The molecule has 0 aliphatic heterocycles. The lowest BCUT2D eigenvalue weighted by Gasteiger charge is -1.98. The van der Waals surface area contributed by atoms with Crippen LogP contribution >= 0.6 is 27.7 Å². The number of halogens is 1. The van der Waals surface area contributed by atoms with Gasteiger partial charge in [-0.2, -0.15) is 0 Å². The zero-order chi connectivity index (χ0) is 14.7. The number of rotatable bonds is 4. The molecular weight excluding hydrogens is 352 g/mol. The van der Waals surface area contributed by atoms with Gasteiger partial charge in [0.2, 0.25) is 11.8 Å². The molecular formula is C14H11BrN4OS. The minimum absolute atomic E-state index is 0.517. The molecule has 3 aromatic rings. The second-order valence-corrected chi connectivity index (χ2v) is 6.14. The summed E-state index contributed by atoms with van der Waals surface area (Å²) in [6.45, 7) is 0. The van der Waals surface area contributed by atoms with Gasteiger partial charge in [-0.1, -0.05) is 27.7 Å². The summed E-state index contributed by atoms with van der Waals surface area (Å²) in [6, 6.07) is 11.4. The Hall–Kier alpha value is -1.86.